The molecule has 0 aliphatic heterocycles. The van der Waals surface area contributed by atoms with E-state index in [9.17, 15) is 0 Å². The van der Waals surface area contributed by atoms with Gasteiger partial charge in [0.05, 0.1) is 25.4 Å². The van der Waals surface area contributed by atoms with Crippen LogP contribution in [0.15, 0.2) is 66.7 Å². The molecule has 0 aliphatic carbocycles. The molecule has 0 saturated carbocycles. The maximum absolute atomic E-state index is 5.95. The van der Waals surface area contributed by atoms with Crippen LogP contribution >= 0.6 is 0 Å². The molecule has 0 unspecified atom stereocenters. The van der Waals surface area contributed by atoms with E-state index < -0.39 is 0 Å². The minimum absolute atomic E-state index is 0.281. The molecule has 0 amide bonds. The Kier molecular flexibility index (Phi) is 5.53. The Bertz CT molecular complexity index is 1160. The van der Waals surface area contributed by atoms with Gasteiger partial charge in [0.2, 0.25) is 0 Å². The second-order valence-corrected chi connectivity index (χ2v) is 7.27. The van der Waals surface area contributed by atoms with Gasteiger partial charge in [-0.3, -0.25) is 0 Å². The van der Waals surface area contributed by atoms with Crippen LogP contribution in [0.25, 0.3) is 22.2 Å². The molecular formula is C25H24N2O3. The normalized spacial score (nSPS) is 11.0. The van der Waals surface area contributed by atoms with Crippen LogP contribution in [0.2, 0.25) is 0 Å². The summed E-state index contributed by atoms with van der Waals surface area (Å²) < 4.78 is 16.9. The van der Waals surface area contributed by atoms with Crippen LogP contribution in [0.3, 0.4) is 0 Å². The Balaban J connectivity index is 1.90. The molecule has 0 radical (unpaired) electrons. The Labute approximate surface area is 176 Å². The van der Waals surface area contributed by atoms with E-state index in [0.717, 1.165) is 22.2 Å². The second kappa shape index (κ2) is 8.41. The fourth-order valence-electron chi connectivity index (χ4n) is 3.32. The summed E-state index contributed by atoms with van der Waals surface area (Å²) in [5.74, 6) is 2.38. The molecule has 3 aromatic carbocycles. The molecular weight excluding hydrogens is 376 g/mol. The highest BCUT2D eigenvalue weighted by Gasteiger charge is 2.16. The number of ether oxygens (including phenoxy) is 3. The third-order valence-electron chi connectivity index (χ3n) is 4.98. The van der Waals surface area contributed by atoms with Gasteiger partial charge in [0.25, 0.3) is 0 Å². The zero-order valence-electron chi connectivity index (χ0n) is 17.5. The first kappa shape index (κ1) is 19.7. The number of aromatic nitrogens is 2. The zero-order chi connectivity index (χ0) is 21.1. The number of hydrogen-bond donors (Lipinski definition) is 0. The fourth-order valence-corrected chi connectivity index (χ4v) is 3.32. The average molecular weight is 400 g/mol. The molecule has 152 valence electrons. The molecule has 1 heterocycles. The first-order chi connectivity index (χ1) is 14.6. The molecule has 0 spiro atoms. The molecule has 5 heteroatoms. The molecule has 30 heavy (non-hydrogen) atoms. The number of para-hydroxylation sites is 1. The molecule has 0 atom stereocenters. The molecule has 1 aromatic heterocycles. The SMILES string of the molecule is COc1cc2nc(Oc3ccccc3)nc(-c3ccc(C(C)C)cc3)c2cc1OC. The lowest BCUT2D eigenvalue weighted by molar-refractivity contribution is 0.355. The number of nitrogens with zero attached hydrogens (tertiary/aromatic N) is 2. The number of fused-ring (bicyclic) bond motifs is 1. The Hall–Kier alpha value is -3.60. The van der Waals surface area contributed by atoms with Crippen LogP contribution in [-0.2, 0) is 0 Å². The highest BCUT2D eigenvalue weighted by atomic mass is 16.5. The van der Waals surface area contributed by atoms with Gasteiger partial charge in [-0.2, -0.15) is 9.97 Å². The third-order valence-corrected chi connectivity index (χ3v) is 4.98. The Morgan fingerprint density at radius 3 is 2.07 bits per heavy atom. The minimum atomic E-state index is 0.281. The van der Waals surface area contributed by atoms with Crippen LogP contribution in [0.5, 0.6) is 23.3 Å². The number of methoxy groups -OCH3 is 2. The number of rotatable bonds is 6. The van der Waals surface area contributed by atoms with Gasteiger partial charge in [0, 0.05) is 17.0 Å². The van der Waals surface area contributed by atoms with E-state index in [2.05, 4.69) is 43.1 Å². The van der Waals surface area contributed by atoms with E-state index in [0.29, 0.717) is 23.2 Å². The molecule has 0 aliphatic rings. The number of hydrogen-bond acceptors (Lipinski definition) is 5. The van der Waals surface area contributed by atoms with Crippen molar-refractivity contribution in [1.82, 2.24) is 9.97 Å². The maximum atomic E-state index is 5.95. The summed E-state index contributed by atoms with van der Waals surface area (Å²) in [5, 5.41) is 0.866. The van der Waals surface area contributed by atoms with E-state index in [-0.39, 0.29) is 6.01 Å². The predicted molar refractivity (Wildman–Crippen MR) is 119 cm³/mol. The summed E-state index contributed by atoms with van der Waals surface area (Å²) in [5.41, 5.74) is 3.76. The molecule has 4 rings (SSSR count). The lowest BCUT2D eigenvalue weighted by Crippen LogP contribution is -1.98. The topological polar surface area (TPSA) is 53.5 Å². The van der Waals surface area contributed by atoms with Crippen LogP contribution < -0.4 is 14.2 Å². The molecule has 0 fully saturated rings. The average Bonchev–Trinajstić information content (AvgIpc) is 2.78. The lowest BCUT2D eigenvalue weighted by atomic mass is 9.99. The number of benzene rings is 3. The van der Waals surface area contributed by atoms with Gasteiger partial charge < -0.3 is 14.2 Å². The van der Waals surface area contributed by atoms with Crippen molar-refractivity contribution < 1.29 is 14.2 Å². The van der Waals surface area contributed by atoms with Gasteiger partial charge in [-0.05, 0) is 29.7 Å². The van der Waals surface area contributed by atoms with Gasteiger partial charge >= 0.3 is 6.01 Å². The van der Waals surface area contributed by atoms with Gasteiger partial charge in [0.1, 0.15) is 5.75 Å². The maximum Gasteiger partial charge on any atom is 0.323 e. The lowest BCUT2D eigenvalue weighted by Gasteiger charge is -2.14. The summed E-state index contributed by atoms with van der Waals surface area (Å²) in [6, 6.07) is 22.0. The highest BCUT2D eigenvalue weighted by molar-refractivity contribution is 5.94. The summed E-state index contributed by atoms with van der Waals surface area (Å²) >= 11 is 0. The van der Waals surface area contributed by atoms with E-state index in [1.54, 1.807) is 14.2 Å². The van der Waals surface area contributed by atoms with Crippen LogP contribution in [0, 0.1) is 0 Å². The summed E-state index contributed by atoms with van der Waals surface area (Å²) in [7, 11) is 3.23. The van der Waals surface area contributed by atoms with Gasteiger partial charge in [0.15, 0.2) is 11.5 Å². The van der Waals surface area contributed by atoms with Crippen molar-refractivity contribution in [2.75, 3.05) is 14.2 Å². The first-order valence-electron chi connectivity index (χ1n) is 9.86. The summed E-state index contributed by atoms with van der Waals surface area (Å²) in [6.07, 6.45) is 0. The van der Waals surface area contributed by atoms with Crippen molar-refractivity contribution in [3.63, 3.8) is 0 Å². The van der Waals surface area contributed by atoms with Crippen molar-refractivity contribution >= 4 is 10.9 Å². The minimum Gasteiger partial charge on any atom is -0.493 e. The first-order valence-corrected chi connectivity index (χ1v) is 9.86. The molecule has 0 bridgehead atoms. The van der Waals surface area contributed by atoms with Crippen LogP contribution in [-0.4, -0.2) is 24.2 Å². The van der Waals surface area contributed by atoms with Crippen molar-refractivity contribution in [3.05, 3.63) is 72.3 Å². The summed E-state index contributed by atoms with van der Waals surface area (Å²) in [6.45, 7) is 4.36. The molecule has 4 aromatic rings. The quantitative estimate of drug-likeness (QED) is 0.384. The van der Waals surface area contributed by atoms with Crippen LogP contribution in [0.4, 0.5) is 0 Å². The van der Waals surface area contributed by atoms with Crippen molar-refractivity contribution in [1.29, 1.82) is 0 Å². The van der Waals surface area contributed by atoms with E-state index >= 15 is 0 Å². The molecule has 0 saturated heterocycles. The second-order valence-electron chi connectivity index (χ2n) is 7.27. The van der Waals surface area contributed by atoms with Crippen molar-refractivity contribution in [2.24, 2.45) is 0 Å². The fraction of sp³-hybridized carbons (Fsp3) is 0.200. The zero-order valence-corrected chi connectivity index (χ0v) is 17.5. The highest BCUT2D eigenvalue weighted by Crippen LogP contribution is 2.37. The van der Waals surface area contributed by atoms with Gasteiger partial charge in [-0.1, -0.05) is 56.3 Å². The Morgan fingerprint density at radius 1 is 0.767 bits per heavy atom. The van der Waals surface area contributed by atoms with Crippen molar-refractivity contribution in [3.8, 4) is 34.5 Å². The van der Waals surface area contributed by atoms with E-state index in [4.69, 9.17) is 19.2 Å². The monoisotopic (exact) mass is 400 g/mol. The predicted octanol–water partition coefficient (Wildman–Crippen LogP) is 6.23. The smallest absolute Gasteiger partial charge is 0.323 e. The standard InChI is InChI=1S/C25H24N2O3/c1-16(2)17-10-12-18(13-11-17)24-20-14-22(28-3)23(29-4)15-21(20)26-25(27-24)30-19-8-6-5-7-9-19/h5-16H,1-4H3. The Morgan fingerprint density at radius 2 is 1.43 bits per heavy atom. The van der Waals surface area contributed by atoms with E-state index in [1.807, 2.05) is 42.5 Å². The molecule has 5 nitrogen and oxygen atoms in total. The van der Waals surface area contributed by atoms with Gasteiger partial charge in [-0.25, -0.2) is 0 Å². The van der Waals surface area contributed by atoms with Crippen molar-refractivity contribution in [2.45, 2.75) is 19.8 Å². The van der Waals surface area contributed by atoms with Gasteiger partial charge in [-0.15, -0.1) is 0 Å². The molecule has 0 N–H and O–H groups in total. The largest absolute Gasteiger partial charge is 0.493 e. The van der Waals surface area contributed by atoms with E-state index in [1.165, 1.54) is 5.56 Å². The summed E-state index contributed by atoms with van der Waals surface area (Å²) in [4.78, 5) is 9.36. The third kappa shape index (κ3) is 3.92. The van der Waals surface area contributed by atoms with Crippen LogP contribution in [0.1, 0.15) is 25.3 Å².